The molecular weight excluding hydrogens is 356 g/mol. The molecule has 1 aliphatic heterocycles. The summed E-state index contributed by atoms with van der Waals surface area (Å²) in [7, 11) is 0. The van der Waals surface area contributed by atoms with E-state index in [1.165, 1.54) is 0 Å². The van der Waals surface area contributed by atoms with Crippen LogP contribution in [-0.2, 0) is 16.1 Å². The van der Waals surface area contributed by atoms with Crippen molar-refractivity contribution in [1.82, 2.24) is 10.2 Å². The molecule has 6 nitrogen and oxygen atoms in total. The topological polar surface area (TPSA) is 78.9 Å². The lowest BCUT2D eigenvalue weighted by Gasteiger charge is -2.33. The number of halogens is 1. The average molecular weight is 381 g/mol. The number of aliphatic hydroxyl groups is 1. The molecule has 26 heavy (non-hydrogen) atoms. The number of imide groups is 1. The van der Waals surface area contributed by atoms with Crippen molar-refractivity contribution in [2.24, 2.45) is 5.92 Å². The van der Waals surface area contributed by atoms with Gasteiger partial charge in [-0.2, -0.15) is 0 Å². The zero-order valence-corrected chi connectivity index (χ0v) is 15.7. The monoisotopic (exact) mass is 380 g/mol. The van der Waals surface area contributed by atoms with E-state index in [4.69, 9.17) is 16.3 Å². The van der Waals surface area contributed by atoms with Gasteiger partial charge >= 0.3 is 6.03 Å². The number of nitrogens with one attached hydrogen (secondary N) is 1. The Morgan fingerprint density at radius 3 is 2.62 bits per heavy atom. The first-order chi connectivity index (χ1) is 12.4. The van der Waals surface area contributed by atoms with Crippen LogP contribution < -0.4 is 5.32 Å². The SMILES string of the molecule is CC1CCC2(CC1)NC(=O)N(C[C@H](O)COCc1ccc(Cl)cc1)C2=O. The molecule has 1 spiro atoms. The molecule has 2 aliphatic rings. The fourth-order valence-corrected chi connectivity index (χ4v) is 3.72. The van der Waals surface area contributed by atoms with Crippen molar-refractivity contribution in [3.63, 3.8) is 0 Å². The van der Waals surface area contributed by atoms with E-state index in [0.29, 0.717) is 30.4 Å². The van der Waals surface area contributed by atoms with Crippen molar-refractivity contribution >= 4 is 23.5 Å². The van der Waals surface area contributed by atoms with E-state index >= 15 is 0 Å². The molecule has 0 bridgehead atoms. The molecule has 1 aromatic rings. The number of rotatable bonds is 6. The predicted octanol–water partition coefficient (Wildman–Crippen LogP) is 2.72. The Labute approximate surface area is 158 Å². The lowest BCUT2D eigenvalue weighted by atomic mass is 9.77. The van der Waals surface area contributed by atoms with Crippen molar-refractivity contribution in [2.75, 3.05) is 13.2 Å². The van der Waals surface area contributed by atoms with Gasteiger partial charge in [-0.1, -0.05) is 30.7 Å². The highest BCUT2D eigenvalue weighted by Crippen LogP contribution is 2.36. The first kappa shape index (κ1) is 19.1. The number of hydrogen-bond acceptors (Lipinski definition) is 4. The number of nitrogens with zero attached hydrogens (tertiary/aromatic N) is 1. The molecule has 142 valence electrons. The maximum absolute atomic E-state index is 12.7. The Kier molecular flexibility index (Phi) is 5.85. The zero-order chi connectivity index (χ0) is 18.7. The van der Waals surface area contributed by atoms with Crippen LogP contribution in [0.25, 0.3) is 0 Å². The van der Waals surface area contributed by atoms with Gasteiger partial charge in [0.15, 0.2) is 0 Å². The Hall–Kier alpha value is -1.63. The van der Waals surface area contributed by atoms with E-state index < -0.39 is 17.7 Å². The van der Waals surface area contributed by atoms with Gasteiger partial charge in [-0.15, -0.1) is 0 Å². The van der Waals surface area contributed by atoms with Crippen LogP contribution in [0.15, 0.2) is 24.3 Å². The van der Waals surface area contributed by atoms with Gasteiger partial charge in [0.25, 0.3) is 5.91 Å². The molecule has 1 saturated heterocycles. The summed E-state index contributed by atoms with van der Waals surface area (Å²) in [5.74, 6) is 0.359. The molecule has 3 rings (SSSR count). The first-order valence-corrected chi connectivity index (χ1v) is 9.42. The molecule has 1 atom stereocenters. The molecular formula is C19H25ClN2O4. The van der Waals surface area contributed by atoms with Crippen molar-refractivity contribution in [1.29, 1.82) is 0 Å². The number of amides is 3. The molecule has 1 saturated carbocycles. The standard InChI is InChI=1S/C19H25ClN2O4/c1-13-6-8-19(9-7-13)17(24)22(18(25)21-19)10-16(23)12-26-11-14-2-4-15(20)5-3-14/h2-5,13,16,23H,6-12H2,1H3,(H,21,25)/t13?,16-,19?/m0/s1. The summed E-state index contributed by atoms with van der Waals surface area (Å²) >= 11 is 5.83. The molecule has 1 heterocycles. The van der Waals surface area contributed by atoms with Crippen molar-refractivity contribution in [2.45, 2.75) is 50.9 Å². The number of hydrogen-bond donors (Lipinski definition) is 2. The molecule has 2 fully saturated rings. The Bertz CT molecular complexity index is 656. The van der Waals surface area contributed by atoms with Gasteiger partial charge in [-0.05, 0) is 49.3 Å². The van der Waals surface area contributed by atoms with E-state index in [-0.39, 0.29) is 19.1 Å². The number of ether oxygens (including phenoxy) is 1. The molecule has 7 heteroatoms. The van der Waals surface area contributed by atoms with Crippen LogP contribution in [0.1, 0.15) is 38.2 Å². The third kappa shape index (κ3) is 4.19. The summed E-state index contributed by atoms with van der Waals surface area (Å²) in [5.41, 5.74) is 0.167. The normalized spacial score (nSPS) is 27.0. The molecule has 1 aromatic carbocycles. The summed E-state index contributed by atoms with van der Waals surface area (Å²) in [6.07, 6.45) is 2.26. The van der Waals surface area contributed by atoms with Crippen LogP contribution in [0.4, 0.5) is 4.79 Å². The number of aliphatic hydroxyl groups excluding tert-OH is 1. The van der Waals surface area contributed by atoms with Gasteiger partial charge in [0, 0.05) is 5.02 Å². The maximum Gasteiger partial charge on any atom is 0.325 e. The lowest BCUT2D eigenvalue weighted by molar-refractivity contribution is -0.134. The van der Waals surface area contributed by atoms with Crippen LogP contribution >= 0.6 is 11.6 Å². The van der Waals surface area contributed by atoms with E-state index in [2.05, 4.69) is 12.2 Å². The summed E-state index contributed by atoms with van der Waals surface area (Å²) in [4.78, 5) is 26.1. The van der Waals surface area contributed by atoms with Crippen LogP contribution in [0.3, 0.4) is 0 Å². The fraction of sp³-hybridized carbons (Fsp3) is 0.579. The van der Waals surface area contributed by atoms with Gasteiger partial charge in [0.2, 0.25) is 0 Å². The van der Waals surface area contributed by atoms with Crippen LogP contribution in [-0.4, -0.2) is 46.7 Å². The van der Waals surface area contributed by atoms with Crippen molar-refractivity contribution in [3.8, 4) is 0 Å². The van der Waals surface area contributed by atoms with Crippen LogP contribution in [0.5, 0.6) is 0 Å². The van der Waals surface area contributed by atoms with Gasteiger partial charge < -0.3 is 15.2 Å². The third-order valence-corrected chi connectivity index (χ3v) is 5.51. The van der Waals surface area contributed by atoms with Crippen LogP contribution in [0, 0.1) is 5.92 Å². The minimum absolute atomic E-state index is 0.0454. The van der Waals surface area contributed by atoms with Gasteiger partial charge in [-0.3, -0.25) is 9.69 Å². The number of carbonyl (C=O) groups is 2. The van der Waals surface area contributed by atoms with Gasteiger partial charge in [-0.25, -0.2) is 4.79 Å². The number of benzene rings is 1. The number of carbonyl (C=O) groups excluding carboxylic acids is 2. The smallest absolute Gasteiger partial charge is 0.325 e. The summed E-state index contributed by atoms with van der Waals surface area (Å²) in [5, 5.41) is 13.7. The first-order valence-electron chi connectivity index (χ1n) is 9.04. The highest BCUT2D eigenvalue weighted by molar-refractivity contribution is 6.30. The minimum Gasteiger partial charge on any atom is -0.389 e. The van der Waals surface area contributed by atoms with Gasteiger partial charge in [0.05, 0.1) is 25.9 Å². The van der Waals surface area contributed by atoms with E-state index in [9.17, 15) is 14.7 Å². The highest BCUT2D eigenvalue weighted by atomic mass is 35.5. The largest absolute Gasteiger partial charge is 0.389 e. The summed E-state index contributed by atoms with van der Waals surface area (Å²) in [6.45, 7) is 2.48. The highest BCUT2D eigenvalue weighted by Gasteiger charge is 2.52. The van der Waals surface area contributed by atoms with Gasteiger partial charge in [0.1, 0.15) is 5.54 Å². The van der Waals surface area contributed by atoms with E-state index in [1.54, 1.807) is 12.1 Å². The Balaban J connectivity index is 1.49. The van der Waals surface area contributed by atoms with Crippen molar-refractivity contribution < 1.29 is 19.4 Å². The maximum atomic E-state index is 12.7. The fourth-order valence-electron chi connectivity index (χ4n) is 3.59. The average Bonchev–Trinajstić information content (AvgIpc) is 2.84. The second-order valence-electron chi connectivity index (χ2n) is 7.41. The molecule has 0 unspecified atom stereocenters. The summed E-state index contributed by atoms with van der Waals surface area (Å²) < 4.78 is 5.49. The Morgan fingerprint density at radius 2 is 1.96 bits per heavy atom. The molecule has 2 N–H and O–H groups in total. The van der Waals surface area contributed by atoms with E-state index in [0.717, 1.165) is 23.3 Å². The quantitative estimate of drug-likeness (QED) is 0.744. The molecule has 3 amide bonds. The number of urea groups is 1. The lowest BCUT2D eigenvalue weighted by Crippen LogP contribution is -2.49. The number of β-amino-alcohol motifs (C(OH)–C–C–N with tert-alkyl or cyclic N) is 1. The molecule has 0 radical (unpaired) electrons. The molecule has 1 aliphatic carbocycles. The second kappa shape index (κ2) is 7.94. The zero-order valence-electron chi connectivity index (χ0n) is 14.9. The molecule has 0 aromatic heterocycles. The third-order valence-electron chi connectivity index (χ3n) is 5.26. The minimum atomic E-state index is -0.922. The second-order valence-corrected chi connectivity index (χ2v) is 7.84. The Morgan fingerprint density at radius 1 is 1.31 bits per heavy atom. The van der Waals surface area contributed by atoms with Crippen LogP contribution in [0.2, 0.25) is 5.02 Å². The van der Waals surface area contributed by atoms with Crippen molar-refractivity contribution in [3.05, 3.63) is 34.9 Å². The predicted molar refractivity (Wildman–Crippen MR) is 97.7 cm³/mol. The van der Waals surface area contributed by atoms with E-state index in [1.807, 2.05) is 12.1 Å². The summed E-state index contributed by atoms with van der Waals surface area (Å²) in [6, 6.07) is 6.82.